The average Bonchev–Trinajstić information content (AvgIpc) is 3.36. The van der Waals surface area contributed by atoms with Crippen molar-refractivity contribution in [3.63, 3.8) is 0 Å². The highest BCUT2D eigenvalue weighted by Crippen LogP contribution is 2.35. The van der Waals surface area contributed by atoms with E-state index in [4.69, 9.17) is 22.3 Å². The lowest BCUT2D eigenvalue weighted by molar-refractivity contribution is -0.131. The van der Waals surface area contributed by atoms with Crippen LogP contribution in [0.25, 0.3) is 11.4 Å². The number of rotatable bonds is 6. The zero-order chi connectivity index (χ0) is 22.6. The molecule has 2 fully saturated rings. The molecule has 1 saturated heterocycles. The number of benzene rings is 1. The van der Waals surface area contributed by atoms with Crippen molar-refractivity contribution in [3.8, 4) is 11.4 Å². The van der Waals surface area contributed by atoms with Gasteiger partial charge < -0.3 is 21.1 Å². The van der Waals surface area contributed by atoms with Crippen molar-refractivity contribution < 1.29 is 9.90 Å². The maximum Gasteiger partial charge on any atom is 0.252 e. The van der Waals surface area contributed by atoms with Gasteiger partial charge in [-0.05, 0) is 50.3 Å². The van der Waals surface area contributed by atoms with E-state index in [2.05, 4.69) is 15.2 Å². The fraction of sp³-hybridized carbons (Fsp3) is 0.522. The molecule has 1 aliphatic carbocycles. The van der Waals surface area contributed by atoms with Crippen LogP contribution in [-0.2, 0) is 11.3 Å². The van der Waals surface area contributed by atoms with Crippen LogP contribution in [0.1, 0.15) is 44.2 Å². The molecular weight excluding hydrogens is 414 g/mol. The first-order valence-electron chi connectivity index (χ1n) is 11.0. The molecule has 1 aromatic carbocycles. The maximum absolute atomic E-state index is 12.1. The summed E-state index contributed by atoms with van der Waals surface area (Å²) in [5.74, 6) is 1.48. The van der Waals surface area contributed by atoms with Gasteiger partial charge in [0.2, 0.25) is 0 Å². The Kier molecular flexibility index (Phi) is 7.51. The fourth-order valence-corrected chi connectivity index (χ4v) is 3.75. The van der Waals surface area contributed by atoms with Gasteiger partial charge in [-0.2, -0.15) is 0 Å². The van der Waals surface area contributed by atoms with Crippen molar-refractivity contribution >= 4 is 23.3 Å². The molecule has 1 atom stereocenters. The second-order valence-corrected chi connectivity index (χ2v) is 8.46. The van der Waals surface area contributed by atoms with Crippen molar-refractivity contribution in [3.05, 3.63) is 40.5 Å². The van der Waals surface area contributed by atoms with Gasteiger partial charge in [0.15, 0.2) is 5.82 Å². The summed E-state index contributed by atoms with van der Waals surface area (Å²) >= 11 is 6.28. The smallest absolute Gasteiger partial charge is 0.252 e. The Hall–Kier alpha value is -2.22. The first kappa shape index (κ1) is 23.4. The van der Waals surface area contributed by atoms with Crippen molar-refractivity contribution in [2.45, 2.75) is 52.2 Å². The van der Waals surface area contributed by atoms with E-state index in [1.54, 1.807) is 6.20 Å². The monoisotopic (exact) mass is 445 g/mol. The zero-order valence-corrected chi connectivity index (χ0v) is 19.2. The third kappa shape index (κ3) is 5.34. The molecule has 2 heterocycles. The highest BCUT2D eigenvalue weighted by molar-refractivity contribution is 6.31. The van der Waals surface area contributed by atoms with Crippen LogP contribution in [0.3, 0.4) is 0 Å². The molecule has 168 valence electrons. The van der Waals surface area contributed by atoms with Gasteiger partial charge in [-0.25, -0.2) is 9.97 Å². The number of nitrogens with one attached hydrogen (secondary N) is 1. The van der Waals surface area contributed by atoms with Crippen LogP contribution in [0.4, 0.5) is 5.82 Å². The van der Waals surface area contributed by atoms with Crippen LogP contribution in [0.5, 0.6) is 0 Å². The molecule has 0 bridgehead atoms. The number of aryl methyl sites for hydroxylation is 1. The van der Waals surface area contributed by atoms with Crippen LogP contribution in [-0.4, -0.2) is 46.2 Å². The van der Waals surface area contributed by atoms with Gasteiger partial charge in [-0.15, -0.1) is 0 Å². The second kappa shape index (κ2) is 9.94. The predicted molar refractivity (Wildman–Crippen MR) is 124 cm³/mol. The Morgan fingerprint density at radius 2 is 2.13 bits per heavy atom. The molecule has 1 unspecified atom stereocenters. The molecule has 1 aliphatic heterocycles. The number of hydrogen-bond acceptors (Lipinski definition) is 6. The number of aliphatic hydroxyl groups is 1. The number of hydrogen-bond donors (Lipinski definition) is 3. The van der Waals surface area contributed by atoms with E-state index in [1.165, 1.54) is 0 Å². The molecule has 0 spiro atoms. The molecule has 2 aromatic rings. The quantitative estimate of drug-likeness (QED) is 0.631. The molecule has 31 heavy (non-hydrogen) atoms. The van der Waals surface area contributed by atoms with E-state index >= 15 is 0 Å². The molecule has 1 amide bonds. The maximum atomic E-state index is 12.1. The number of carbonyl (C=O) groups excluding carboxylic acids is 1. The highest BCUT2D eigenvalue weighted by Gasteiger charge is 2.47. The summed E-state index contributed by atoms with van der Waals surface area (Å²) in [6.07, 6.45) is 3.79. The SMILES string of the molecule is CC.Cc1ccc(-c2ncc(CNC(=O)C3(O)CC3)c(N3CCC(CN)C3)n2)cc1Cl. The number of halogens is 1. The van der Waals surface area contributed by atoms with Gasteiger partial charge in [0.1, 0.15) is 11.4 Å². The van der Waals surface area contributed by atoms with E-state index in [9.17, 15) is 9.90 Å². The minimum Gasteiger partial charge on any atom is -0.380 e. The first-order chi connectivity index (χ1) is 14.9. The summed E-state index contributed by atoms with van der Waals surface area (Å²) in [7, 11) is 0. The van der Waals surface area contributed by atoms with Gasteiger partial charge in [-0.3, -0.25) is 4.79 Å². The number of anilines is 1. The Balaban J connectivity index is 0.00000132. The van der Waals surface area contributed by atoms with Gasteiger partial charge in [0.25, 0.3) is 5.91 Å². The van der Waals surface area contributed by atoms with Gasteiger partial charge in [-0.1, -0.05) is 37.6 Å². The Bertz CT molecular complexity index is 932. The van der Waals surface area contributed by atoms with Crippen molar-refractivity contribution in [1.29, 1.82) is 0 Å². The second-order valence-electron chi connectivity index (χ2n) is 8.06. The summed E-state index contributed by atoms with van der Waals surface area (Å²) in [6, 6.07) is 5.77. The number of carbonyl (C=O) groups is 1. The van der Waals surface area contributed by atoms with Gasteiger partial charge in [0, 0.05) is 42.0 Å². The summed E-state index contributed by atoms with van der Waals surface area (Å²) in [6.45, 7) is 8.55. The average molecular weight is 446 g/mol. The van der Waals surface area contributed by atoms with Gasteiger partial charge in [0.05, 0.1) is 0 Å². The van der Waals surface area contributed by atoms with E-state index in [-0.39, 0.29) is 12.5 Å². The Labute approximate surface area is 189 Å². The van der Waals surface area contributed by atoms with Crippen molar-refractivity contribution in [1.82, 2.24) is 15.3 Å². The van der Waals surface area contributed by atoms with Crippen LogP contribution in [0.2, 0.25) is 5.02 Å². The third-order valence-electron chi connectivity index (χ3n) is 5.78. The highest BCUT2D eigenvalue weighted by atomic mass is 35.5. The minimum absolute atomic E-state index is 0.273. The normalized spacial score (nSPS) is 18.9. The molecule has 1 saturated carbocycles. The third-order valence-corrected chi connectivity index (χ3v) is 6.18. The number of nitrogens with two attached hydrogens (primary N) is 1. The number of nitrogens with zero attached hydrogens (tertiary/aromatic N) is 3. The van der Waals surface area contributed by atoms with Crippen LogP contribution in [0.15, 0.2) is 24.4 Å². The lowest BCUT2D eigenvalue weighted by Crippen LogP contribution is -2.36. The molecule has 7 nitrogen and oxygen atoms in total. The number of amides is 1. The predicted octanol–water partition coefficient (Wildman–Crippen LogP) is 3.06. The van der Waals surface area contributed by atoms with E-state index in [0.29, 0.717) is 36.2 Å². The fourth-order valence-electron chi connectivity index (χ4n) is 3.57. The molecule has 8 heteroatoms. The van der Waals surface area contributed by atoms with Crippen LogP contribution >= 0.6 is 11.6 Å². The van der Waals surface area contributed by atoms with Crippen molar-refractivity contribution in [2.75, 3.05) is 24.5 Å². The topological polar surface area (TPSA) is 104 Å². The standard InChI is InChI=1S/C21H26ClN5O2.C2H6/c1-13-2-3-15(8-17(13)22)18-24-10-16(11-25-20(28)21(29)5-6-21)19(26-18)27-7-4-14(9-23)12-27;1-2/h2-3,8,10,14,29H,4-7,9,11-12,23H2,1H3,(H,25,28);1-2H3. The molecular formula is C23H32ClN5O2. The lowest BCUT2D eigenvalue weighted by atomic mass is 10.1. The molecule has 1 aromatic heterocycles. The summed E-state index contributed by atoms with van der Waals surface area (Å²) < 4.78 is 0. The lowest BCUT2D eigenvalue weighted by Gasteiger charge is -2.22. The molecule has 0 radical (unpaired) electrons. The molecule has 4 N–H and O–H groups in total. The van der Waals surface area contributed by atoms with Crippen LogP contribution in [0, 0.1) is 12.8 Å². The van der Waals surface area contributed by atoms with E-state index < -0.39 is 5.60 Å². The number of aromatic nitrogens is 2. The van der Waals surface area contributed by atoms with Gasteiger partial charge >= 0.3 is 0 Å². The molecule has 2 aliphatic rings. The Morgan fingerprint density at radius 3 is 2.74 bits per heavy atom. The minimum atomic E-state index is -1.20. The van der Waals surface area contributed by atoms with Crippen LogP contribution < -0.4 is 16.0 Å². The molecule has 4 rings (SSSR count). The summed E-state index contributed by atoms with van der Waals surface area (Å²) in [5, 5.41) is 13.5. The Morgan fingerprint density at radius 1 is 1.39 bits per heavy atom. The van der Waals surface area contributed by atoms with E-state index in [1.807, 2.05) is 39.0 Å². The largest absolute Gasteiger partial charge is 0.380 e. The summed E-state index contributed by atoms with van der Waals surface area (Å²) in [4.78, 5) is 23.7. The van der Waals surface area contributed by atoms with E-state index in [0.717, 1.165) is 42.0 Å². The zero-order valence-electron chi connectivity index (χ0n) is 18.5. The van der Waals surface area contributed by atoms with Crippen molar-refractivity contribution in [2.24, 2.45) is 11.7 Å². The summed E-state index contributed by atoms with van der Waals surface area (Å²) in [5.41, 5.74) is 7.33. The first-order valence-corrected chi connectivity index (χ1v) is 11.4.